The molecular weight excluding hydrogens is 464 g/mol. The highest BCUT2D eigenvalue weighted by atomic mass is 32.3. The summed E-state index contributed by atoms with van der Waals surface area (Å²) in [7, 11) is -9.61. The summed E-state index contributed by atoms with van der Waals surface area (Å²) in [6, 6.07) is 4.43. The van der Waals surface area contributed by atoms with Crippen molar-refractivity contribution in [3.63, 3.8) is 0 Å². The minimum Gasteiger partial charge on any atom is -0.872 e. The Morgan fingerprint density at radius 1 is 0.968 bits per heavy atom. The molecule has 2 aromatic carbocycles. The first-order valence-corrected chi connectivity index (χ1v) is 10.5. The van der Waals surface area contributed by atoms with Gasteiger partial charge in [-0.15, -0.1) is 0 Å². The van der Waals surface area contributed by atoms with Crippen molar-refractivity contribution in [2.24, 2.45) is 0 Å². The second-order valence-corrected chi connectivity index (χ2v) is 7.72. The lowest BCUT2D eigenvalue weighted by molar-refractivity contribution is -0.266. The van der Waals surface area contributed by atoms with Crippen LogP contribution in [-0.4, -0.2) is 38.2 Å². The van der Waals surface area contributed by atoms with E-state index in [9.17, 15) is 40.9 Å². The molecule has 0 radical (unpaired) electrons. The second-order valence-electron chi connectivity index (χ2n) is 5.76. The number of aromatic hydroxyl groups is 1. The van der Waals surface area contributed by atoms with Crippen molar-refractivity contribution in [1.82, 2.24) is 0 Å². The highest BCUT2D eigenvalue weighted by Crippen LogP contribution is 2.39. The Morgan fingerprint density at radius 2 is 1.61 bits per heavy atom. The van der Waals surface area contributed by atoms with Gasteiger partial charge in [0.1, 0.15) is 11.3 Å². The normalized spacial score (nSPS) is 12.0. The Bertz CT molecular complexity index is 1450. The van der Waals surface area contributed by atoms with Crippen LogP contribution in [0, 0.1) is 0 Å². The van der Waals surface area contributed by atoms with E-state index in [0.717, 1.165) is 31.4 Å². The van der Waals surface area contributed by atoms with Gasteiger partial charge in [-0.3, -0.25) is 4.79 Å². The molecular formula is C16H9O13S2-3. The number of fused-ring (bicyclic) bond motifs is 1. The van der Waals surface area contributed by atoms with Crippen LogP contribution in [0.5, 0.6) is 28.7 Å². The van der Waals surface area contributed by atoms with Gasteiger partial charge in [0.15, 0.2) is 17.3 Å². The van der Waals surface area contributed by atoms with E-state index in [4.69, 9.17) is 9.15 Å². The molecule has 3 aromatic rings. The van der Waals surface area contributed by atoms with E-state index in [-0.39, 0.29) is 11.3 Å². The molecule has 0 amide bonds. The fraction of sp³-hybridized carbons (Fsp3) is 0.0625. The lowest BCUT2D eigenvalue weighted by Gasteiger charge is -2.17. The minimum absolute atomic E-state index is 0.207. The molecule has 166 valence electrons. The van der Waals surface area contributed by atoms with Gasteiger partial charge in [0.25, 0.3) is 20.8 Å². The van der Waals surface area contributed by atoms with Crippen molar-refractivity contribution in [2.45, 2.75) is 0 Å². The van der Waals surface area contributed by atoms with E-state index >= 15 is 0 Å². The summed E-state index contributed by atoms with van der Waals surface area (Å²) in [6.45, 7) is 0. The maximum atomic E-state index is 12.7. The van der Waals surface area contributed by atoms with Gasteiger partial charge in [-0.05, 0) is 24.3 Å². The van der Waals surface area contributed by atoms with E-state index in [1.165, 1.54) is 0 Å². The quantitative estimate of drug-likeness (QED) is 0.366. The van der Waals surface area contributed by atoms with Crippen LogP contribution in [0.4, 0.5) is 0 Å². The number of phenols is 1. The predicted molar refractivity (Wildman–Crippen MR) is 96.2 cm³/mol. The van der Waals surface area contributed by atoms with Gasteiger partial charge in [0, 0.05) is 11.6 Å². The number of rotatable bonds is 6. The summed E-state index contributed by atoms with van der Waals surface area (Å²) < 4.78 is 84.5. The van der Waals surface area contributed by atoms with Gasteiger partial charge in [-0.25, -0.2) is 16.8 Å². The van der Waals surface area contributed by atoms with Gasteiger partial charge in [0.05, 0.1) is 12.5 Å². The fourth-order valence-electron chi connectivity index (χ4n) is 2.61. The van der Waals surface area contributed by atoms with Crippen LogP contribution in [0.3, 0.4) is 0 Å². The van der Waals surface area contributed by atoms with Crippen molar-refractivity contribution < 1.29 is 53.7 Å². The highest BCUT2D eigenvalue weighted by Gasteiger charge is 2.22. The Labute approximate surface area is 173 Å². The maximum Gasteiger partial charge on any atom is 0.262 e. The third-order valence-corrected chi connectivity index (χ3v) is 4.46. The van der Waals surface area contributed by atoms with Crippen molar-refractivity contribution in [3.8, 4) is 40.1 Å². The van der Waals surface area contributed by atoms with E-state index in [1.54, 1.807) is 0 Å². The van der Waals surface area contributed by atoms with Crippen LogP contribution in [0.15, 0.2) is 39.5 Å². The average molecular weight is 473 g/mol. The Hall–Kier alpha value is -3.53. The number of hydrogen-bond donors (Lipinski definition) is 1. The van der Waals surface area contributed by atoms with Gasteiger partial charge in [-0.2, -0.15) is 0 Å². The van der Waals surface area contributed by atoms with Gasteiger partial charge in [0.2, 0.25) is 11.2 Å². The molecule has 1 heterocycles. The summed E-state index contributed by atoms with van der Waals surface area (Å²) in [5.41, 5.74) is -2.01. The fourth-order valence-corrected chi connectivity index (χ4v) is 3.32. The lowest BCUT2D eigenvalue weighted by Crippen LogP contribution is -2.16. The molecule has 13 nitrogen and oxygen atoms in total. The largest absolute Gasteiger partial charge is 0.872 e. The van der Waals surface area contributed by atoms with Crippen molar-refractivity contribution in [2.75, 3.05) is 7.11 Å². The van der Waals surface area contributed by atoms with Crippen LogP contribution in [-0.2, 0) is 20.8 Å². The van der Waals surface area contributed by atoms with Crippen LogP contribution >= 0.6 is 0 Å². The molecule has 0 spiro atoms. The zero-order valence-corrected chi connectivity index (χ0v) is 16.7. The molecule has 0 saturated heterocycles. The van der Waals surface area contributed by atoms with Crippen LogP contribution < -0.4 is 23.6 Å². The zero-order valence-electron chi connectivity index (χ0n) is 15.0. The Morgan fingerprint density at radius 3 is 2.19 bits per heavy atom. The summed E-state index contributed by atoms with van der Waals surface area (Å²) in [6.07, 6.45) is 0. The minimum atomic E-state index is -5.51. The van der Waals surface area contributed by atoms with Gasteiger partial charge >= 0.3 is 0 Å². The third kappa shape index (κ3) is 4.80. The van der Waals surface area contributed by atoms with Crippen molar-refractivity contribution in [1.29, 1.82) is 0 Å². The number of phenolic OH excluding ortho intramolecular Hbond substituents is 1. The molecule has 0 atom stereocenters. The number of methoxy groups -OCH3 is 1. The lowest BCUT2D eigenvalue weighted by atomic mass is 10.1. The SMILES string of the molecule is COc1cc(-c2oc3cc(O)cc([O-])c3c(=O)c2OS(=O)(=O)[O-])ccc1OS(=O)(=O)[O-]. The monoisotopic (exact) mass is 473 g/mol. The van der Waals surface area contributed by atoms with Crippen molar-refractivity contribution >= 4 is 31.8 Å². The standard InChI is InChI=1S/C16H12O13S2/c1-26-11-4-7(2-3-10(11)28-30(20,21)22)15-16(29-31(23,24)25)14(19)13-9(18)5-8(17)6-12(13)27-15/h2-6,17-18H,1H3,(H,20,21,22)(H,23,24,25)/p-3. The predicted octanol–water partition coefficient (Wildman–Crippen LogP) is -0.0742. The number of benzene rings is 2. The first-order chi connectivity index (χ1) is 14.3. The Balaban J connectivity index is 2.35. The average Bonchev–Trinajstić information content (AvgIpc) is 2.61. The topological polar surface area (TPSA) is 216 Å². The van der Waals surface area contributed by atoms with E-state index < -0.39 is 66.0 Å². The van der Waals surface area contributed by atoms with Crippen LogP contribution in [0.2, 0.25) is 0 Å². The smallest absolute Gasteiger partial charge is 0.262 e. The molecule has 1 N–H and O–H groups in total. The maximum absolute atomic E-state index is 12.7. The summed E-state index contributed by atoms with van der Waals surface area (Å²) in [4.78, 5) is 12.7. The van der Waals surface area contributed by atoms with Crippen LogP contribution in [0.25, 0.3) is 22.3 Å². The molecule has 0 fully saturated rings. The first-order valence-electron chi connectivity index (χ1n) is 7.79. The molecule has 31 heavy (non-hydrogen) atoms. The number of ether oxygens (including phenoxy) is 1. The Kier molecular flexibility index (Phi) is 5.45. The summed E-state index contributed by atoms with van der Waals surface area (Å²) in [5.74, 6) is -4.38. The molecule has 0 unspecified atom stereocenters. The molecule has 0 saturated carbocycles. The van der Waals surface area contributed by atoms with Crippen LogP contribution in [0.1, 0.15) is 0 Å². The molecule has 0 aliphatic heterocycles. The van der Waals surface area contributed by atoms with Gasteiger partial charge < -0.3 is 36.8 Å². The zero-order chi connectivity index (χ0) is 23.1. The molecule has 1 aromatic heterocycles. The molecule has 15 heteroatoms. The second kappa shape index (κ2) is 7.62. The molecule has 3 rings (SSSR count). The first kappa shape index (κ1) is 22.2. The molecule has 0 aliphatic carbocycles. The summed E-state index contributed by atoms with van der Waals surface area (Å²) >= 11 is 0. The number of hydrogen-bond acceptors (Lipinski definition) is 13. The van der Waals surface area contributed by atoms with E-state index in [2.05, 4.69) is 8.37 Å². The highest BCUT2D eigenvalue weighted by molar-refractivity contribution is 7.81. The van der Waals surface area contributed by atoms with E-state index in [0.29, 0.717) is 6.07 Å². The van der Waals surface area contributed by atoms with Crippen molar-refractivity contribution in [3.05, 3.63) is 40.6 Å². The van der Waals surface area contributed by atoms with E-state index in [1.807, 2.05) is 0 Å². The van der Waals surface area contributed by atoms with Gasteiger partial charge in [-0.1, -0.05) is 5.75 Å². The molecule has 0 bridgehead atoms. The molecule has 0 aliphatic rings. The third-order valence-electron chi connectivity index (χ3n) is 3.71. The summed E-state index contributed by atoms with van der Waals surface area (Å²) in [5, 5.41) is 20.9.